The van der Waals surface area contributed by atoms with Crippen LogP contribution in [-0.2, 0) is 0 Å². The van der Waals surface area contributed by atoms with Crippen molar-refractivity contribution < 1.29 is 0 Å². The smallest absolute Gasteiger partial charge is 0.0491 e. The Morgan fingerprint density at radius 1 is 1.42 bits per heavy atom. The van der Waals surface area contributed by atoms with Crippen LogP contribution in [0.5, 0.6) is 0 Å². The Kier molecular flexibility index (Phi) is 4.58. The van der Waals surface area contributed by atoms with Gasteiger partial charge in [-0.15, -0.1) is 0 Å². The molecule has 0 amide bonds. The summed E-state index contributed by atoms with van der Waals surface area (Å²) >= 11 is 0. The maximum absolute atomic E-state index is 6.09. The number of pyridine rings is 1. The van der Waals surface area contributed by atoms with Crippen molar-refractivity contribution in [2.75, 3.05) is 13.1 Å². The fourth-order valence-corrected chi connectivity index (χ4v) is 3.44. The molecular formula is C16H27N3. The molecule has 1 aliphatic rings. The number of piperidine rings is 1. The Morgan fingerprint density at radius 2 is 2.16 bits per heavy atom. The molecule has 0 radical (unpaired) electrons. The summed E-state index contributed by atoms with van der Waals surface area (Å²) in [6.45, 7) is 11.0. The van der Waals surface area contributed by atoms with Gasteiger partial charge in [-0.1, -0.05) is 13.8 Å². The number of hydrogen-bond acceptors (Lipinski definition) is 3. The van der Waals surface area contributed by atoms with Crippen molar-refractivity contribution in [1.82, 2.24) is 9.88 Å². The number of rotatable bonds is 3. The van der Waals surface area contributed by atoms with Crippen LogP contribution in [0.4, 0.5) is 0 Å². The third-order valence-corrected chi connectivity index (χ3v) is 4.71. The molecule has 0 bridgehead atoms. The Balaban J connectivity index is 2.28. The fraction of sp³-hybridized carbons (Fsp3) is 0.688. The van der Waals surface area contributed by atoms with Gasteiger partial charge in [0, 0.05) is 37.6 Å². The highest BCUT2D eigenvalue weighted by atomic mass is 15.2. The average molecular weight is 261 g/mol. The van der Waals surface area contributed by atoms with Gasteiger partial charge in [0.25, 0.3) is 0 Å². The van der Waals surface area contributed by atoms with Crippen molar-refractivity contribution in [2.24, 2.45) is 17.6 Å². The molecule has 4 unspecified atom stereocenters. The summed E-state index contributed by atoms with van der Waals surface area (Å²) in [7, 11) is 0. The van der Waals surface area contributed by atoms with Crippen molar-refractivity contribution >= 4 is 0 Å². The predicted molar refractivity (Wildman–Crippen MR) is 79.9 cm³/mol. The van der Waals surface area contributed by atoms with Gasteiger partial charge >= 0.3 is 0 Å². The molecule has 19 heavy (non-hydrogen) atoms. The molecule has 4 atom stereocenters. The lowest BCUT2D eigenvalue weighted by atomic mass is 9.84. The summed E-state index contributed by atoms with van der Waals surface area (Å²) in [5.74, 6) is 1.48. The largest absolute Gasteiger partial charge is 0.329 e. The number of aryl methyl sites for hydroxylation is 1. The Hall–Kier alpha value is -0.930. The van der Waals surface area contributed by atoms with Crippen LogP contribution in [0.2, 0.25) is 0 Å². The van der Waals surface area contributed by atoms with E-state index in [0.29, 0.717) is 18.6 Å². The standard InChI is InChI=1S/C16H27N3/c1-11-7-13(3)14(4)19(10-11)16(8-17)15-9-18-6-5-12(15)2/h5-6,9,11,13-14,16H,7-8,10,17H2,1-4H3. The topological polar surface area (TPSA) is 42.1 Å². The first-order valence-corrected chi connectivity index (χ1v) is 7.41. The normalized spacial score (nSPS) is 30.3. The average Bonchev–Trinajstić information content (AvgIpc) is 2.38. The molecule has 2 rings (SSSR count). The van der Waals surface area contributed by atoms with Gasteiger partial charge in [0.2, 0.25) is 0 Å². The van der Waals surface area contributed by atoms with Crippen LogP contribution in [0, 0.1) is 18.8 Å². The molecular weight excluding hydrogens is 234 g/mol. The van der Waals surface area contributed by atoms with Crippen LogP contribution in [0.3, 0.4) is 0 Å². The van der Waals surface area contributed by atoms with Crippen molar-refractivity contribution in [1.29, 1.82) is 0 Å². The second-order valence-corrected chi connectivity index (χ2v) is 6.24. The van der Waals surface area contributed by atoms with E-state index in [9.17, 15) is 0 Å². The van der Waals surface area contributed by atoms with Crippen molar-refractivity contribution in [3.8, 4) is 0 Å². The molecule has 0 saturated carbocycles. The summed E-state index contributed by atoms with van der Waals surface area (Å²) < 4.78 is 0. The first-order valence-electron chi connectivity index (χ1n) is 7.41. The zero-order chi connectivity index (χ0) is 14.0. The number of nitrogens with zero attached hydrogens (tertiary/aromatic N) is 2. The van der Waals surface area contributed by atoms with E-state index in [2.05, 4.69) is 43.6 Å². The Labute approximate surface area is 117 Å². The molecule has 2 N–H and O–H groups in total. The van der Waals surface area contributed by atoms with Gasteiger partial charge < -0.3 is 5.73 Å². The fourth-order valence-electron chi connectivity index (χ4n) is 3.44. The molecule has 0 aromatic carbocycles. The lowest BCUT2D eigenvalue weighted by Crippen LogP contribution is -2.49. The zero-order valence-corrected chi connectivity index (χ0v) is 12.6. The Bertz CT molecular complexity index is 418. The van der Waals surface area contributed by atoms with E-state index in [1.165, 1.54) is 17.5 Å². The lowest BCUT2D eigenvalue weighted by molar-refractivity contribution is 0.0421. The lowest BCUT2D eigenvalue weighted by Gasteiger charge is -2.45. The van der Waals surface area contributed by atoms with Gasteiger partial charge in [0.15, 0.2) is 0 Å². The van der Waals surface area contributed by atoms with Crippen LogP contribution in [0.25, 0.3) is 0 Å². The first kappa shape index (κ1) is 14.5. The minimum atomic E-state index is 0.300. The third-order valence-electron chi connectivity index (χ3n) is 4.71. The highest BCUT2D eigenvalue weighted by Gasteiger charge is 2.33. The van der Waals surface area contributed by atoms with Crippen molar-refractivity contribution in [2.45, 2.75) is 46.2 Å². The van der Waals surface area contributed by atoms with E-state index in [-0.39, 0.29) is 0 Å². The van der Waals surface area contributed by atoms with Crippen LogP contribution in [0.15, 0.2) is 18.5 Å². The van der Waals surface area contributed by atoms with E-state index >= 15 is 0 Å². The van der Waals surface area contributed by atoms with Crippen LogP contribution in [-0.4, -0.2) is 29.0 Å². The maximum atomic E-state index is 6.09. The zero-order valence-electron chi connectivity index (χ0n) is 12.6. The molecule has 1 saturated heterocycles. The van der Waals surface area contributed by atoms with E-state index in [1.807, 2.05) is 12.4 Å². The van der Waals surface area contributed by atoms with Gasteiger partial charge in [-0.05, 0) is 49.3 Å². The molecule has 3 nitrogen and oxygen atoms in total. The minimum Gasteiger partial charge on any atom is -0.329 e. The van der Waals surface area contributed by atoms with E-state index in [0.717, 1.165) is 18.4 Å². The highest BCUT2D eigenvalue weighted by molar-refractivity contribution is 5.26. The molecule has 1 aliphatic heterocycles. The molecule has 1 fully saturated rings. The van der Waals surface area contributed by atoms with E-state index in [4.69, 9.17) is 5.73 Å². The van der Waals surface area contributed by atoms with Gasteiger partial charge in [-0.2, -0.15) is 0 Å². The molecule has 3 heteroatoms. The monoisotopic (exact) mass is 261 g/mol. The maximum Gasteiger partial charge on any atom is 0.0491 e. The van der Waals surface area contributed by atoms with Crippen LogP contribution >= 0.6 is 0 Å². The van der Waals surface area contributed by atoms with Crippen molar-refractivity contribution in [3.05, 3.63) is 29.6 Å². The molecule has 1 aromatic heterocycles. The second kappa shape index (κ2) is 6.02. The van der Waals surface area contributed by atoms with Gasteiger partial charge in [0.1, 0.15) is 0 Å². The molecule has 0 spiro atoms. The SMILES string of the molecule is Cc1ccncc1C(CN)N1CC(C)CC(C)C1C. The molecule has 1 aromatic rings. The first-order chi connectivity index (χ1) is 9.04. The summed E-state index contributed by atoms with van der Waals surface area (Å²) in [6, 6.07) is 2.97. The van der Waals surface area contributed by atoms with Crippen LogP contribution < -0.4 is 5.73 Å². The molecule has 2 heterocycles. The van der Waals surface area contributed by atoms with E-state index in [1.54, 1.807) is 0 Å². The number of aromatic nitrogens is 1. The minimum absolute atomic E-state index is 0.300. The predicted octanol–water partition coefficient (Wildman–Crippen LogP) is 2.76. The van der Waals surface area contributed by atoms with Crippen molar-refractivity contribution in [3.63, 3.8) is 0 Å². The number of nitrogens with two attached hydrogens (primary N) is 1. The molecule has 106 valence electrons. The second-order valence-electron chi connectivity index (χ2n) is 6.24. The summed E-state index contributed by atoms with van der Waals surface area (Å²) in [5, 5.41) is 0. The summed E-state index contributed by atoms with van der Waals surface area (Å²) in [5.41, 5.74) is 8.67. The summed E-state index contributed by atoms with van der Waals surface area (Å²) in [4.78, 5) is 6.88. The van der Waals surface area contributed by atoms with E-state index < -0.39 is 0 Å². The Morgan fingerprint density at radius 3 is 2.79 bits per heavy atom. The summed E-state index contributed by atoms with van der Waals surface area (Å²) in [6.07, 6.45) is 5.17. The van der Waals surface area contributed by atoms with Gasteiger partial charge in [-0.3, -0.25) is 9.88 Å². The highest BCUT2D eigenvalue weighted by Crippen LogP contribution is 2.34. The third kappa shape index (κ3) is 2.98. The molecule has 0 aliphatic carbocycles. The number of likely N-dealkylation sites (tertiary alicyclic amines) is 1. The van der Waals surface area contributed by atoms with Crippen LogP contribution in [0.1, 0.15) is 44.4 Å². The van der Waals surface area contributed by atoms with Gasteiger partial charge in [0.05, 0.1) is 0 Å². The quantitative estimate of drug-likeness (QED) is 0.909. The number of hydrogen-bond donors (Lipinski definition) is 1. The van der Waals surface area contributed by atoms with Gasteiger partial charge in [-0.25, -0.2) is 0 Å².